The number of halogens is 1. The summed E-state index contributed by atoms with van der Waals surface area (Å²) < 4.78 is 5.29. The fraction of sp³-hybridized carbons (Fsp3) is 0.304. The molecule has 0 fully saturated rings. The van der Waals surface area contributed by atoms with Gasteiger partial charge in [-0.25, -0.2) is 4.79 Å². The molecular formula is C23H27ClN2O3S. The molecule has 7 heteroatoms. The zero-order chi connectivity index (χ0) is 20.3. The van der Waals surface area contributed by atoms with E-state index in [1.54, 1.807) is 11.7 Å². The SMILES string of the molecule is Cl.O=C(NC(Cc1ccccc1)C(O)CCCc1ccccc1)OCc1cncs1. The summed E-state index contributed by atoms with van der Waals surface area (Å²) in [6.07, 6.45) is 3.37. The number of alkyl carbamates (subject to hydrolysis) is 1. The second-order valence-corrected chi connectivity index (χ2v) is 7.90. The maximum atomic E-state index is 12.3. The van der Waals surface area contributed by atoms with Crippen LogP contribution in [0.25, 0.3) is 0 Å². The quantitative estimate of drug-likeness (QED) is 0.469. The molecule has 0 aliphatic carbocycles. The van der Waals surface area contributed by atoms with E-state index in [1.165, 1.54) is 16.9 Å². The Labute approximate surface area is 187 Å². The smallest absolute Gasteiger partial charge is 0.407 e. The van der Waals surface area contributed by atoms with Crippen molar-refractivity contribution < 1.29 is 14.6 Å². The topological polar surface area (TPSA) is 71.5 Å². The number of hydrogen-bond acceptors (Lipinski definition) is 5. The summed E-state index contributed by atoms with van der Waals surface area (Å²) in [7, 11) is 0. The van der Waals surface area contributed by atoms with Crippen molar-refractivity contribution >= 4 is 29.8 Å². The van der Waals surface area contributed by atoms with Crippen molar-refractivity contribution in [3.05, 3.63) is 88.4 Å². The number of nitrogens with one attached hydrogen (secondary N) is 1. The summed E-state index contributed by atoms with van der Waals surface area (Å²) >= 11 is 1.44. The lowest BCUT2D eigenvalue weighted by molar-refractivity contribution is 0.0956. The van der Waals surface area contributed by atoms with E-state index < -0.39 is 18.2 Å². The van der Waals surface area contributed by atoms with Crippen molar-refractivity contribution in [2.24, 2.45) is 0 Å². The Hall–Kier alpha value is -2.41. The molecule has 1 amide bonds. The lowest BCUT2D eigenvalue weighted by atomic mass is 9.96. The van der Waals surface area contributed by atoms with E-state index >= 15 is 0 Å². The molecule has 2 unspecified atom stereocenters. The highest BCUT2D eigenvalue weighted by molar-refractivity contribution is 7.09. The van der Waals surface area contributed by atoms with Gasteiger partial charge >= 0.3 is 6.09 Å². The normalized spacial score (nSPS) is 12.4. The Kier molecular flexibility index (Phi) is 10.3. The van der Waals surface area contributed by atoms with Gasteiger partial charge in [0.2, 0.25) is 0 Å². The highest BCUT2D eigenvalue weighted by atomic mass is 35.5. The maximum Gasteiger partial charge on any atom is 0.407 e. The van der Waals surface area contributed by atoms with Crippen LogP contribution in [-0.2, 0) is 24.2 Å². The van der Waals surface area contributed by atoms with Gasteiger partial charge in [0.05, 0.1) is 22.5 Å². The molecule has 30 heavy (non-hydrogen) atoms. The minimum Gasteiger partial charge on any atom is -0.444 e. The first-order chi connectivity index (χ1) is 14.2. The highest BCUT2D eigenvalue weighted by Crippen LogP contribution is 2.14. The first kappa shape index (κ1) is 23.9. The van der Waals surface area contributed by atoms with Crippen molar-refractivity contribution in [3.8, 4) is 0 Å². The summed E-state index contributed by atoms with van der Waals surface area (Å²) in [5.41, 5.74) is 4.00. The molecule has 1 aromatic heterocycles. The lowest BCUT2D eigenvalue weighted by Crippen LogP contribution is -2.45. The fourth-order valence-corrected chi connectivity index (χ4v) is 3.66. The van der Waals surface area contributed by atoms with Gasteiger partial charge in [-0.2, -0.15) is 0 Å². The molecule has 5 nitrogen and oxygen atoms in total. The van der Waals surface area contributed by atoms with Gasteiger partial charge in [0.15, 0.2) is 0 Å². The van der Waals surface area contributed by atoms with Crippen LogP contribution in [0.3, 0.4) is 0 Å². The predicted octanol–water partition coefficient (Wildman–Crippen LogP) is 4.79. The minimum absolute atomic E-state index is 0. The highest BCUT2D eigenvalue weighted by Gasteiger charge is 2.22. The molecule has 0 spiro atoms. The lowest BCUT2D eigenvalue weighted by Gasteiger charge is -2.24. The third-order valence-electron chi connectivity index (χ3n) is 4.70. The summed E-state index contributed by atoms with van der Waals surface area (Å²) in [4.78, 5) is 17.1. The van der Waals surface area contributed by atoms with Crippen LogP contribution >= 0.6 is 23.7 Å². The second kappa shape index (κ2) is 13.0. The van der Waals surface area contributed by atoms with Gasteiger partial charge in [0, 0.05) is 6.20 Å². The average Bonchev–Trinajstić information content (AvgIpc) is 3.27. The number of carbonyl (C=O) groups excluding carboxylic acids is 1. The Bertz CT molecular complexity index is 847. The standard InChI is InChI=1S/C23H26N2O3S.ClH/c26-22(13-7-12-18-8-3-1-4-9-18)21(14-19-10-5-2-6-11-19)25-23(27)28-16-20-15-24-17-29-20;/h1-6,8-11,15,17,21-22,26H,7,12-14,16H2,(H,25,27);1H. The second-order valence-electron chi connectivity index (χ2n) is 6.93. The van der Waals surface area contributed by atoms with Crippen LogP contribution < -0.4 is 5.32 Å². The number of aryl methyl sites for hydroxylation is 1. The first-order valence-corrected chi connectivity index (χ1v) is 10.7. The van der Waals surface area contributed by atoms with Crippen molar-refractivity contribution in [3.63, 3.8) is 0 Å². The molecule has 2 N–H and O–H groups in total. The van der Waals surface area contributed by atoms with Gasteiger partial charge in [0.25, 0.3) is 0 Å². The summed E-state index contributed by atoms with van der Waals surface area (Å²) in [6, 6.07) is 19.6. The van der Waals surface area contributed by atoms with Crippen molar-refractivity contribution in [2.75, 3.05) is 0 Å². The Balaban J connectivity index is 0.00000320. The number of thiazole rings is 1. The van der Waals surface area contributed by atoms with Crippen LogP contribution in [0.5, 0.6) is 0 Å². The van der Waals surface area contributed by atoms with E-state index in [0.29, 0.717) is 12.8 Å². The molecule has 160 valence electrons. The van der Waals surface area contributed by atoms with Gasteiger partial charge in [-0.15, -0.1) is 23.7 Å². The van der Waals surface area contributed by atoms with Crippen molar-refractivity contribution in [1.82, 2.24) is 10.3 Å². The van der Waals surface area contributed by atoms with Crippen LogP contribution in [0, 0.1) is 0 Å². The zero-order valence-electron chi connectivity index (χ0n) is 16.6. The van der Waals surface area contributed by atoms with E-state index in [1.807, 2.05) is 48.5 Å². The number of rotatable bonds is 10. The zero-order valence-corrected chi connectivity index (χ0v) is 18.3. The molecule has 3 rings (SSSR count). The molecule has 2 aromatic carbocycles. The minimum atomic E-state index is -0.658. The third kappa shape index (κ3) is 8.14. The monoisotopic (exact) mass is 446 g/mol. The van der Waals surface area contributed by atoms with Gasteiger partial charge in [-0.1, -0.05) is 60.7 Å². The maximum absolute atomic E-state index is 12.3. The molecule has 0 radical (unpaired) electrons. The van der Waals surface area contributed by atoms with E-state index in [2.05, 4.69) is 22.4 Å². The van der Waals surface area contributed by atoms with E-state index in [4.69, 9.17) is 4.74 Å². The number of benzene rings is 2. The number of hydrogen-bond donors (Lipinski definition) is 2. The van der Waals surface area contributed by atoms with E-state index in [0.717, 1.165) is 23.3 Å². The molecule has 1 heterocycles. The number of aromatic nitrogens is 1. The first-order valence-electron chi connectivity index (χ1n) is 9.77. The van der Waals surface area contributed by atoms with Crippen molar-refractivity contribution in [2.45, 2.75) is 44.4 Å². The van der Waals surface area contributed by atoms with Crippen molar-refractivity contribution in [1.29, 1.82) is 0 Å². The molecule has 2 atom stereocenters. The molecule has 0 saturated carbocycles. The van der Waals surface area contributed by atoms with E-state index in [-0.39, 0.29) is 19.0 Å². The summed E-state index contributed by atoms with van der Waals surface area (Å²) in [6.45, 7) is 0.179. The van der Waals surface area contributed by atoms with Crippen LogP contribution in [-0.4, -0.2) is 28.3 Å². The van der Waals surface area contributed by atoms with Gasteiger partial charge in [-0.3, -0.25) is 4.98 Å². The summed E-state index contributed by atoms with van der Waals surface area (Å²) in [5, 5.41) is 13.6. The number of amides is 1. The largest absolute Gasteiger partial charge is 0.444 e. The average molecular weight is 447 g/mol. The van der Waals surface area contributed by atoms with Gasteiger partial charge < -0.3 is 15.2 Å². The van der Waals surface area contributed by atoms with Gasteiger partial charge in [-0.05, 0) is 36.8 Å². The molecule has 0 aliphatic heterocycles. The molecule has 0 saturated heterocycles. The Morgan fingerprint density at radius 1 is 1.07 bits per heavy atom. The number of carbonyl (C=O) groups is 1. The summed E-state index contributed by atoms with van der Waals surface area (Å²) in [5.74, 6) is 0. The molecule has 3 aromatic rings. The number of aliphatic hydroxyl groups excluding tert-OH is 1. The third-order valence-corrected chi connectivity index (χ3v) is 5.46. The van der Waals surface area contributed by atoms with Crippen LogP contribution in [0.1, 0.15) is 28.8 Å². The number of nitrogens with zero attached hydrogens (tertiary/aromatic N) is 1. The molecule has 0 aliphatic rings. The van der Waals surface area contributed by atoms with Crippen LogP contribution in [0.4, 0.5) is 4.79 Å². The van der Waals surface area contributed by atoms with Crippen LogP contribution in [0.2, 0.25) is 0 Å². The van der Waals surface area contributed by atoms with Gasteiger partial charge in [0.1, 0.15) is 6.61 Å². The number of ether oxygens (including phenoxy) is 1. The Morgan fingerprint density at radius 3 is 2.37 bits per heavy atom. The van der Waals surface area contributed by atoms with E-state index in [9.17, 15) is 9.90 Å². The fourth-order valence-electron chi connectivity index (χ4n) is 3.16. The molecular weight excluding hydrogens is 420 g/mol. The number of aliphatic hydroxyl groups is 1. The Morgan fingerprint density at radius 2 is 1.73 bits per heavy atom. The predicted molar refractivity (Wildman–Crippen MR) is 122 cm³/mol. The molecule has 0 bridgehead atoms. The van der Waals surface area contributed by atoms with Crippen LogP contribution in [0.15, 0.2) is 72.4 Å².